The van der Waals surface area contributed by atoms with Gasteiger partial charge >= 0.3 is 0 Å². The monoisotopic (exact) mass is 366 g/mol. The third-order valence-corrected chi connectivity index (χ3v) is 4.96. The van der Waals surface area contributed by atoms with Gasteiger partial charge in [0.2, 0.25) is 11.8 Å². The van der Waals surface area contributed by atoms with Gasteiger partial charge < -0.3 is 10.1 Å². The minimum absolute atomic E-state index is 0.0170. The lowest BCUT2D eigenvalue weighted by Gasteiger charge is -2.30. The average Bonchev–Trinajstić information content (AvgIpc) is 2.86. The van der Waals surface area contributed by atoms with Gasteiger partial charge in [-0.1, -0.05) is 37.3 Å². The first kappa shape index (κ1) is 19.0. The molecular weight excluding hydrogens is 340 g/mol. The van der Waals surface area contributed by atoms with Gasteiger partial charge in [-0.2, -0.15) is 0 Å². The predicted molar refractivity (Wildman–Crippen MR) is 106 cm³/mol. The zero-order valence-corrected chi connectivity index (χ0v) is 15.9. The van der Waals surface area contributed by atoms with Crippen LogP contribution in [-0.4, -0.2) is 25.0 Å². The van der Waals surface area contributed by atoms with Crippen LogP contribution in [0.1, 0.15) is 37.3 Å². The van der Waals surface area contributed by atoms with Gasteiger partial charge in [0, 0.05) is 18.7 Å². The number of hydrogen-bond acceptors (Lipinski definition) is 3. The molecule has 27 heavy (non-hydrogen) atoms. The lowest BCUT2D eigenvalue weighted by Crippen LogP contribution is -2.49. The summed E-state index contributed by atoms with van der Waals surface area (Å²) >= 11 is 0. The first-order valence-electron chi connectivity index (χ1n) is 9.44. The first-order chi connectivity index (χ1) is 13.1. The lowest BCUT2D eigenvalue weighted by atomic mass is 10.1. The van der Waals surface area contributed by atoms with Crippen LogP contribution in [0.5, 0.6) is 5.75 Å². The van der Waals surface area contributed by atoms with Gasteiger partial charge in [-0.05, 0) is 48.6 Å². The smallest absolute Gasteiger partial charge is 0.243 e. The number of amides is 2. The zero-order valence-electron chi connectivity index (χ0n) is 15.9. The summed E-state index contributed by atoms with van der Waals surface area (Å²) in [4.78, 5) is 27.4. The number of ether oxygens (including phenoxy) is 1. The Balaban J connectivity index is 1.78. The fraction of sp³-hybridized carbons (Fsp3) is 0.364. The summed E-state index contributed by atoms with van der Waals surface area (Å²) in [6, 6.07) is 15.0. The van der Waals surface area contributed by atoms with Crippen molar-refractivity contribution in [1.29, 1.82) is 0 Å². The van der Waals surface area contributed by atoms with Gasteiger partial charge in [0.1, 0.15) is 11.8 Å². The largest absolute Gasteiger partial charge is 0.497 e. The molecule has 0 radical (unpaired) electrons. The number of benzene rings is 2. The maximum Gasteiger partial charge on any atom is 0.243 e. The highest BCUT2D eigenvalue weighted by Gasteiger charge is 2.32. The number of carbonyl (C=O) groups excluding carboxylic acids is 2. The van der Waals surface area contributed by atoms with Crippen molar-refractivity contribution < 1.29 is 14.3 Å². The van der Waals surface area contributed by atoms with Crippen LogP contribution in [-0.2, 0) is 22.6 Å². The number of carbonyl (C=O) groups is 2. The summed E-state index contributed by atoms with van der Waals surface area (Å²) in [6.07, 6.45) is 2.70. The van der Waals surface area contributed by atoms with Crippen molar-refractivity contribution in [2.75, 3.05) is 12.0 Å². The van der Waals surface area contributed by atoms with E-state index in [0.717, 1.165) is 35.4 Å². The second-order valence-corrected chi connectivity index (χ2v) is 6.74. The molecule has 0 saturated heterocycles. The van der Waals surface area contributed by atoms with Crippen molar-refractivity contribution >= 4 is 17.5 Å². The summed E-state index contributed by atoms with van der Waals surface area (Å²) in [5, 5.41) is 2.98. The molecule has 1 atom stereocenters. The Kier molecular flexibility index (Phi) is 6.12. The van der Waals surface area contributed by atoms with Gasteiger partial charge in [-0.25, -0.2) is 0 Å². The molecule has 1 aliphatic heterocycles. The molecule has 0 fully saturated rings. The minimum atomic E-state index is -0.512. The molecule has 0 unspecified atom stereocenters. The van der Waals surface area contributed by atoms with Crippen molar-refractivity contribution in [1.82, 2.24) is 5.32 Å². The van der Waals surface area contributed by atoms with Crippen LogP contribution in [0, 0.1) is 0 Å². The summed E-state index contributed by atoms with van der Waals surface area (Å²) < 4.78 is 5.23. The Morgan fingerprint density at radius 3 is 2.78 bits per heavy atom. The predicted octanol–water partition coefficient (Wildman–Crippen LogP) is 3.46. The van der Waals surface area contributed by atoms with Gasteiger partial charge in [0.15, 0.2) is 0 Å². The molecule has 1 heterocycles. The van der Waals surface area contributed by atoms with E-state index in [1.54, 1.807) is 12.0 Å². The van der Waals surface area contributed by atoms with Gasteiger partial charge in [-0.15, -0.1) is 0 Å². The number of fused-ring (bicyclic) bond motifs is 1. The van der Waals surface area contributed by atoms with Crippen LogP contribution < -0.4 is 15.0 Å². The maximum atomic E-state index is 12.9. The van der Waals surface area contributed by atoms with E-state index in [4.69, 9.17) is 4.74 Å². The summed E-state index contributed by atoms with van der Waals surface area (Å²) in [5.41, 5.74) is 2.95. The van der Waals surface area contributed by atoms with E-state index in [1.807, 2.05) is 55.5 Å². The highest BCUT2D eigenvalue weighted by Crippen LogP contribution is 2.29. The summed E-state index contributed by atoms with van der Waals surface area (Å²) in [7, 11) is 1.62. The minimum Gasteiger partial charge on any atom is -0.497 e. The zero-order chi connectivity index (χ0) is 19.2. The molecule has 0 aliphatic carbocycles. The van der Waals surface area contributed by atoms with Crippen molar-refractivity contribution in [3.05, 3.63) is 59.7 Å². The van der Waals surface area contributed by atoms with E-state index >= 15 is 0 Å². The van der Waals surface area contributed by atoms with E-state index in [1.165, 1.54) is 0 Å². The number of anilines is 1. The number of aryl methyl sites for hydroxylation is 1. The highest BCUT2D eigenvalue weighted by atomic mass is 16.5. The molecule has 1 N–H and O–H groups in total. The Hall–Kier alpha value is -2.82. The molecule has 5 nitrogen and oxygen atoms in total. The van der Waals surface area contributed by atoms with E-state index in [9.17, 15) is 9.59 Å². The third kappa shape index (κ3) is 4.30. The fourth-order valence-corrected chi connectivity index (χ4v) is 3.56. The number of rotatable bonds is 6. The number of nitrogens with one attached hydrogen (secondary N) is 1. The van der Waals surface area contributed by atoms with Gasteiger partial charge in [0.25, 0.3) is 0 Å². The molecule has 2 aromatic carbocycles. The van der Waals surface area contributed by atoms with E-state index in [0.29, 0.717) is 19.4 Å². The Bertz CT molecular complexity index is 819. The molecule has 2 amide bonds. The molecule has 2 aromatic rings. The van der Waals surface area contributed by atoms with Crippen molar-refractivity contribution in [2.24, 2.45) is 0 Å². The molecule has 1 aliphatic rings. The normalized spacial score (nSPS) is 14.9. The van der Waals surface area contributed by atoms with Crippen molar-refractivity contribution in [2.45, 2.75) is 45.2 Å². The van der Waals surface area contributed by atoms with Crippen molar-refractivity contribution in [3.8, 4) is 5.75 Å². The van der Waals surface area contributed by atoms with Gasteiger partial charge in [-0.3, -0.25) is 14.5 Å². The lowest BCUT2D eigenvalue weighted by molar-refractivity contribution is -0.126. The quantitative estimate of drug-likeness (QED) is 0.852. The SMILES string of the molecule is CC[C@H](C(=O)NCc1cccc(OC)c1)N1C(=O)CCCc2ccccc21. The second-order valence-electron chi connectivity index (χ2n) is 6.74. The maximum absolute atomic E-state index is 12.9. The third-order valence-electron chi connectivity index (χ3n) is 4.96. The topological polar surface area (TPSA) is 58.6 Å². The molecule has 0 bridgehead atoms. The molecule has 0 aromatic heterocycles. The number of methoxy groups -OCH3 is 1. The van der Waals surface area contributed by atoms with Crippen LogP contribution >= 0.6 is 0 Å². The van der Waals surface area contributed by atoms with Crippen LogP contribution in [0.4, 0.5) is 5.69 Å². The van der Waals surface area contributed by atoms with E-state index < -0.39 is 6.04 Å². The van der Waals surface area contributed by atoms with E-state index in [-0.39, 0.29) is 11.8 Å². The van der Waals surface area contributed by atoms with Crippen LogP contribution in [0.2, 0.25) is 0 Å². The Labute approximate surface area is 160 Å². The highest BCUT2D eigenvalue weighted by molar-refractivity contribution is 6.01. The fourth-order valence-electron chi connectivity index (χ4n) is 3.56. The van der Waals surface area contributed by atoms with Crippen LogP contribution in [0.15, 0.2) is 48.5 Å². The number of para-hydroxylation sites is 1. The second kappa shape index (κ2) is 8.71. The van der Waals surface area contributed by atoms with Crippen molar-refractivity contribution in [3.63, 3.8) is 0 Å². The number of nitrogens with zero attached hydrogens (tertiary/aromatic N) is 1. The Morgan fingerprint density at radius 1 is 1.19 bits per heavy atom. The molecule has 142 valence electrons. The van der Waals surface area contributed by atoms with E-state index in [2.05, 4.69) is 5.32 Å². The molecule has 0 saturated carbocycles. The van der Waals surface area contributed by atoms with Gasteiger partial charge in [0.05, 0.1) is 7.11 Å². The molecule has 0 spiro atoms. The van der Waals surface area contributed by atoms with Crippen LogP contribution in [0.3, 0.4) is 0 Å². The van der Waals surface area contributed by atoms with Crippen LogP contribution in [0.25, 0.3) is 0 Å². The molecular formula is C22H26N2O3. The summed E-state index contributed by atoms with van der Waals surface area (Å²) in [6.45, 7) is 2.34. The Morgan fingerprint density at radius 2 is 2.00 bits per heavy atom. The molecule has 5 heteroatoms. The standard InChI is InChI=1S/C22H26N2O3/c1-3-19(22(26)23-15-16-8-6-11-18(14-16)27-2)24-20-12-5-4-9-17(20)10-7-13-21(24)25/h4-6,8-9,11-12,14,19H,3,7,10,13,15H2,1-2H3,(H,23,26)/t19-/m1/s1. The molecule has 3 rings (SSSR count). The number of hydrogen-bond donors (Lipinski definition) is 1. The summed E-state index contributed by atoms with van der Waals surface area (Å²) in [5.74, 6) is 0.638. The first-order valence-corrected chi connectivity index (χ1v) is 9.44. The average molecular weight is 366 g/mol.